The molecule has 0 spiro atoms. The van der Waals surface area contributed by atoms with Gasteiger partial charge < -0.3 is 20.1 Å². The number of nitrogens with zero attached hydrogens (tertiary/aromatic N) is 5. The second-order valence-electron chi connectivity index (χ2n) is 10.4. The van der Waals surface area contributed by atoms with Gasteiger partial charge in [-0.2, -0.15) is 5.10 Å². The molecule has 0 atom stereocenters. The maximum absolute atomic E-state index is 14.1. The number of aromatic amines is 2. The molecule has 2 aromatic heterocycles. The Bertz CT molecular complexity index is 1530. The first-order valence-electron chi connectivity index (χ1n) is 13.4. The highest BCUT2D eigenvalue weighted by Crippen LogP contribution is 2.27. The number of rotatable bonds is 5. The van der Waals surface area contributed by atoms with Gasteiger partial charge in [0, 0.05) is 37.8 Å². The number of hydrogen-bond donors (Lipinski definition) is 3. The summed E-state index contributed by atoms with van der Waals surface area (Å²) >= 11 is 0. The van der Waals surface area contributed by atoms with E-state index in [2.05, 4.69) is 42.3 Å². The minimum absolute atomic E-state index is 0.0255. The van der Waals surface area contributed by atoms with Gasteiger partial charge in [0.05, 0.1) is 22.9 Å². The highest BCUT2D eigenvalue weighted by atomic mass is 19.1. The van der Waals surface area contributed by atoms with E-state index in [-0.39, 0.29) is 11.6 Å². The summed E-state index contributed by atoms with van der Waals surface area (Å²) in [6, 6.07) is 9.10. The molecule has 208 valence electrons. The van der Waals surface area contributed by atoms with Gasteiger partial charge in [0.15, 0.2) is 5.82 Å². The number of halogens is 2. The second kappa shape index (κ2) is 10.8. The number of benzene rings is 2. The average molecular weight is 549 g/mol. The normalized spacial score (nSPS) is 17.4. The number of likely N-dealkylation sites (tertiary alicyclic amines) is 1. The Kier molecular flexibility index (Phi) is 7.03. The SMILES string of the molecule is CN1CCC(N2CCN(C(=O)c3ccc4nc(-c5[nH]ncc5NC(=O)c5c(F)cccc5F)[nH]c4c3)CC2)CC1. The molecule has 0 radical (unpaired) electrons. The molecule has 0 unspecified atom stereocenters. The van der Waals surface area contributed by atoms with Crippen LogP contribution in [0.3, 0.4) is 0 Å². The molecule has 2 saturated heterocycles. The molecule has 6 rings (SSSR count). The summed E-state index contributed by atoms with van der Waals surface area (Å²) in [5.41, 5.74) is 1.66. The van der Waals surface area contributed by atoms with Gasteiger partial charge in [-0.25, -0.2) is 13.8 Å². The van der Waals surface area contributed by atoms with Gasteiger partial charge in [-0.1, -0.05) is 6.07 Å². The lowest BCUT2D eigenvalue weighted by molar-refractivity contribution is 0.0475. The third kappa shape index (κ3) is 5.07. The Labute approximate surface area is 229 Å². The molecule has 40 heavy (non-hydrogen) atoms. The minimum Gasteiger partial charge on any atom is -0.337 e. The fourth-order valence-electron chi connectivity index (χ4n) is 5.55. The van der Waals surface area contributed by atoms with Crippen LogP contribution in [0, 0.1) is 11.6 Å². The van der Waals surface area contributed by atoms with E-state index in [1.807, 2.05) is 4.90 Å². The lowest BCUT2D eigenvalue weighted by Crippen LogP contribution is -2.54. The van der Waals surface area contributed by atoms with E-state index in [9.17, 15) is 18.4 Å². The molecule has 4 heterocycles. The Morgan fingerprint density at radius 2 is 1.73 bits per heavy atom. The summed E-state index contributed by atoms with van der Waals surface area (Å²) in [5.74, 6) is -2.55. The number of anilines is 1. The smallest absolute Gasteiger partial charge is 0.261 e. The van der Waals surface area contributed by atoms with Crippen LogP contribution >= 0.6 is 0 Å². The van der Waals surface area contributed by atoms with Crippen molar-refractivity contribution in [3.8, 4) is 11.5 Å². The number of H-pyrrole nitrogens is 2. The lowest BCUT2D eigenvalue weighted by atomic mass is 10.0. The number of fused-ring (bicyclic) bond motifs is 1. The maximum atomic E-state index is 14.1. The molecule has 3 N–H and O–H groups in total. The zero-order valence-electron chi connectivity index (χ0n) is 22.1. The molecule has 2 aromatic carbocycles. The van der Waals surface area contributed by atoms with Crippen LogP contribution in [0.2, 0.25) is 0 Å². The molecule has 2 amide bonds. The minimum atomic E-state index is -0.966. The van der Waals surface area contributed by atoms with Gasteiger partial charge in [0.2, 0.25) is 0 Å². The first kappa shape index (κ1) is 26.1. The van der Waals surface area contributed by atoms with Crippen molar-refractivity contribution in [1.29, 1.82) is 0 Å². The predicted molar refractivity (Wildman–Crippen MR) is 146 cm³/mol. The van der Waals surface area contributed by atoms with Crippen LogP contribution in [0.15, 0.2) is 42.6 Å². The molecular formula is C28H30F2N8O2. The molecule has 0 saturated carbocycles. The van der Waals surface area contributed by atoms with Crippen LogP contribution in [0.5, 0.6) is 0 Å². The number of amides is 2. The topological polar surface area (TPSA) is 113 Å². The maximum Gasteiger partial charge on any atom is 0.261 e. The van der Waals surface area contributed by atoms with Gasteiger partial charge in [-0.15, -0.1) is 0 Å². The Morgan fingerprint density at radius 1 is 1.00 bits per heavy atom. The fraction of sp³-hybridized carbons (Fsp3) is 0.357. The zero-order chi connectivity index (χ0) is 27.8. The van der Waals surface area contributed by atoms with E-state index < -0.39 is 23.1 Å². The second-order valence-corrected chi connectivity index (χ2v) is 10.4. The van der Waals surface area contributed by atoms with Crippen molar-refractivity contribution in [3.05, 3.63) is 65.4 Å². The van der Waals surface area contributed by atoms with Crippen LogP contribution in [0.4, 0.5) is 14.5 Å². The number of aromatic nitrogens is 4. The van der Waals surface area contributed by atoms with E-state index in [1.54, 1.807) is 18.2 Å². The number of hydrogen-bond acceptors (Lipinski definition) is 6. The first-order chi connectivity index (χ1) is 19.4. The van der Waals surface area contributed by atoms with Crippen molar-refractivity contribution < 1.29 is 18.4 Å². The van der Waals surface area contributed by atoms with E-state index in [1.165, 1.54) is 25.1 Å². The van der Waals surface area contributed by atoms with E-state index in [0.29, 0.717) is 47.2 Å². The number of nitrogens with one attached hydrogen (secondary N) is 3. The Morgan fingerprint density at radius 3 is 2.45 bits per heavy atom. The molecule has 2 fully saturated rings. The van der Waals surface area contributed by atoms with Crippen molar-refractivity contribution in [1.82, 2.24) is 34.9 Å². The first-order valence-corrected chi connectivity index (χ1v) is 13.4. The lowest BCUT2D eigenvalue weighted by Gasteiger charge is -2.42. The van der Waals surface area contributed by atoms with Crippen LogP contribution < -0.4 is 5.32 Å². The summed E-state index contributed by atoms with van der Waals surface area (Å²) in [6.45, 7) is 5.37. The van der Waals surface area contributed by atoms with Crippen molar-refractivity contribution >= 4 is 28.5 Å². The van der Waals surface area contributed by atoms with Gasteiger partial charge in [0.1, 0.15) is 22.9 Å². The number of piperazine rings is 1. The van der Waals surface area contributed by atoms with Crippen LogP contribution in [0.25, 0.3) is 22.6 Å². The third-order valence-electron chi connectivity index (χ3n) is 7.85. The molecule has 10 nitrogen and oxygen atoms in total. The van der Waals surface area contributed by atoms with Gasteiger partial charge in [-0.05, 0) is 63.3 Å². The quantitative estimate of drug-likeness (QED) is 0.353. The molecule has 0 aliphatic carbocycles. The summed E-state index contributed by atoms with van der Waals surface area (Å²) < 4.78 is 28.1. The summed E-state index contributed by atoms with van der Waals surface area (Å²) in [4.78, 5) is 40.4. The standard InChI is InChI=1S/C28H30F2N8O2/c1-36-9-7-18(8-10-36)37-11-13-38(14-12-37)28(40)17-5-6-21-22(15-17)33-26(32-21)25-23(16-31-35-25)34-27(39)24-19(29)3-2-4-20(24)30/h2-6,15-16,18H,7-14H2,1H3,(H,31,35)(H,32,33)(H,34,39). The van der Waals surface area contributed by atoms with Crippen LogP contribution in [-0.2, 0) is 0 Å². The number of piperidine rings is 1. The van der Waals surface area contributed by atoms with Gasteiger partial charge >= 0.3 is 0 Å². The highest BCUT2D eigenvalue weighted by molar-refractivity contribution is 6.06. The molecule has 2 aliphatic rings. The van der Waals surface area contributed by atoms with Crippen LogP contribution in [0.1, 0.15) is 33.6 Å². The van der Waals surface area contributed by atoms with Gasteiger partial charge in [0.25, 0.3) is 11.8 Å². The molecule has 12 heteroatoms. The number of carbonyl (C=O) groups excluding carboxylic acids is 2. The zero-order valence-corrected chi connectivity index (χ0v) is 22.1. The van der Waals surface area contributed by atoms with Crippen molar-refractivity contribution in [3.63, 3.8) is 0 Å². The molecule has 0 bridgehead atoms. The monoisotopic (exact) mass is 548 g/mol. The predicted octanol–water partition coefficient (Wildman–Crippen LogP) is 3.34. The number of imidazole rings is 1. The third-order valence-corrected chi connectivity index (χ3v) is 7.85. The summed E-state index contributed by atoms with van der Waals surface area (Å²) in [5, 5.41) is 9.21. The Hall–Kier alpha value is -4.16. The fourth-order valence-corrected chi connectivity index (χ4v) is 5.55. The summed E-state index contributed by atoms with van der Waals surface area (Å²) in [6.07, 6.45) is 3.68. The largest absolute Gasteiger partial charge is 0.337 e. The van der Waals surface area contributed by atoms with E-state index in [4.69, 9.17) is 0 Å². The van der Waals surface area contributed by atoms with E-state index >= 15 is 0 Å². The number of carbonyl (C=O) groups is 2. The summed E-state index contributed by atoms with van der Waals surface area (Å²) in [7, 11) is 2.16. The van der Waals surface area contributed by atoms with Gasteiger partial charge in [-0.3, -0.25) is 19.6 Å². The van der Waals surface area contributed by atoms with Crippen molar-refractivity contribution in [2.75, 3.05) is 51.6 Å². The van der Waals surface area contributed by atoms with Crippen molar-refractivity contribution in [2.45, 2.75) is 18.9 Å². The average Bonchev–Trinajstić information content (AvgIpc) is 3.59. The van der Waals surface area contributed by atoms with E-state index in [0.717, 1.165) is 38.3 Å². The molecule has 2 aliphatic heterocycles. The molecular weight excluding hydrogens is 518 g/mol. The highest BCUT2D eigenvalue weighted by Gasteiger charge is 2.29. The molecule has 4 aromatic rings. The Balaban J connectivity index is 1.15. The van der Waals surface area contributed by atoms with Crippen LogP contribution in [-0.4, -0.2) is 99.0 Å². The van der Waals surface area contributed by atoms with Crippen molar-refractivity contribution in [2.24, 2.45) is 0 Å².